The molecule has 0 saturated heterocycles. The number of halogens is 2. The average molecular weight is 312 g/mol. The number of nitrogens with zero attached hydrogens (tertiary/aromatic N) is 1. The number of aliphatic carboxylic acids is 1. The van der Waals surface area contributed by atoms with Crippen LogP contribution in [-0.4, -0.2) is 21.8 Å². The Labute approximate surface area is 124 Å². The van der Waals surface area contributed by atoms with Gasteiger partial charge in [-0.2, -0.15) is 0 Å². The molecule has 21 heavy (non-hydrogen) atoms. The van der Waals surface area contributed by atoms with Gasteiger partial charge in [0.1, 0.15) is 16.6 Å². The third-order valence-electron chi connectivity index (χ3n) is 2.51. The Bertz CT molecular complexity index is 653. The summed E-state index contributed by atoms with van der Waals surface area (Å²) in [4.78, 5) is 15.0. The molecule has 0 aliphatic heterocycles. The number of aromatic nitrogens is 1. The van der Waals surface area contributed by atoms with E-state index in [2.05, 4.69) is 4.98 Å². The average Bonchev–Trinajstić information content (AvgIpc) is 2.43. The number of hydrogen-bond donors (Lipinski definition) is 1. The van der Waals surface area contributed by atoms with Gasteiger partial charge in [-0.3, -0.25) is 0 Å². The van der Waals surface area contributed by atoms with Gasteiger partial charge in [0.15, 0.2) is 0 Å². The predicted molar refractivity (Wildman–Crippen MR) is 72.9 cm³/mol. The van der Waals surface area contributed by atoms with E-state index in [-0.39, 0.29) is 10.9 Å². The maximum absolute atomic E-state index is 12.9. The summed E-state index contributed by atoms with van der Waals surface area (Å²) in [5.74, 6) is -4.04. The summed E-state index contributed by atoms with van der Waals surface area (Å²) in [6.45, 7) is 1.20. The quantitative estimate of drug-likeness (QED) is 0.859. The first kappa shape index (κ1) is 15.1. The number of rotatable bonds is 5. The number of hydrogen-bond acceptors (Lipinski definition) is 4. The summed E-state index contributed by atoms with van der Waals surface area (Å²) in [5, 5.41) is 9.15. The van der Waals surface area contributed by atoms with E-state index in [9.17, 15) is 14.3 Å². The first-order valence-corrected chi connectivity index (χ1v) is 6.26. The lowest BCUT2D eigenvalue weighted by Crippen LogP contribution is -2.47. The predicted octanol–water partition coefficient (Wildman–Crippen LogP) is 3.13. The molecule has 0 aliphatic rings. The van der Waals surface area contributed by atoms with Crippen LogP contribution in [0.1, 0.15) is 6.92 Å². The molecule has 0 aliphatic carbocycles. The first-order chi connectivity index (χ1) is 9.90. The second kappa shape index (κ2) is 5.97. The smallest absolute Gasteiger partial charge is 0.390 e. The van der Waals surface area contributed by atoms with Crippen molar-refractivity contribution in [2.24, 2.45) is 0 Å². The van der Waals surface area contributed by atoms with E-state index in [1.807, 2.05) is 0 Å². The standard InChI is InChI=1S/C14H11ClFNO4/c1-14(13(18)19,20-10-5-3-2-4-6-10)21-12-11(15)7-9(16)8-17-12/h2-8H,1H3,(H,18,19). The van der Waals surface area contributed by atoms with Crippen LogP contribution in [0.5, 0.6) is 11.6 Å². The van der Waals surface area contributed by atoms with Crippen molar-refractivity contribution in [1.29, 1.82) is 0 Å². The van der Waals surface area contributed by atoms with Gasteiger partial charge in [-0.15, -0.1) is 0 Å². The molecule has 1 aromatic heterocycles. The highest BCUT2D eigenvalue weighted by atomic mass is 35.5. The van der Waals surface area contributed by atoms with E-state index in [1.165, 1.54) is 6.92 Å². The van der Waals surface area contributed by atoms with Crippen molar-refractivity contribution in [3.05, 3.63) is 53.4 Å². The maximum Gasteiger partial charge on any atom is 0.390 e. The molecule has 7 heteroatoms. The topological polar surface area (TPSA) is 68.7 Å². The van der Waals surface area contributed by atoms with Gasteiger partial charge in [-0.1, -0.05) is 29.8 Å². The normalized spacial score (nSPS) is 13.3. The molecule has 0 radical (unpaired) electrons. The van der Waals surface area contributed by atoms with Crippen LogP contribution < -0.4 is 9.47 Å². The molecule has 1 N–H and O–H groups in total. The van der Waals surface area contributed by atoms with Crippen LogP contribution in [0.3, 0.4) is 0 Å². The van der Waals surface area contributed by atoms with Crippen molar-refractivity contribution in [3.8, 4) is 11.6 Å². The van der Waals surface area contributed by atoms with Crippen LogP contribution in [-0.2, 0) is 4.79 Å². The fourth-order valence-corrected chi connectivity index (χ4v) is 1.67. The second-order valence-electron chi connectivity index (χ2n) is 4.21. The molecule has 1 heterocycles. The molecule has 1 aromatic carbocycles. The van der Waals surface area contributed by atoms with Gasteiger partial charge in [-0.25, -0.2) is 14.2 Å². The molecule has 0 saturated carbocycles. The van der Waals surface area contributed by atoms with Gasteiger partial charge < -0.3 is 14.6 Å². The van der Waals surface area contributed by atoms with E-state index in [4.69, 9.17) is 21.1 Å². The van der Waals surface area contributed by atoms with Crippen molar-refractivity contribution in [1.82, 2.24) is 4.98 Å². The number of benzene rings is 1. The highest BCUT2D eigenvalue weighted by Gasteiger charge is 2.39. The van der Waals surface area contributed by atoms with E-state index >= 15 is 0 Å². The summed E-state index contributed by atoms with van der Waals surface area (Å²) in [6, 6.07) is 9.23. The van der Waals surface area contributed by atoms with Gasteiger partial charge in [-0.05, 0) is 18.2 Å². The Morgan fingerprint density at radius 3 is 2.57 bits per heavy atom. The van der Waals surface area contributed by atoms with Gasteiger partial charge in [0.05, 0.1) is 6.20 Å². The first-order valence-electron chi connectivity index (χ1n) is 5.88. The molecule has 2 rings (SSSR count). The van der Waals surface area contributed by atoms with Crippen LogP contribution in [0.15, 0.2) is 42.6 Å². The van der Waals surface area contributed by atoms with Crippen molar-refractivity contribution in [3.63, 3.8) is 0 Å². The molecule has 110 valence electrons. The molecular formula is C14H11ClFNO4. The van der Waals surface area contributed by atoms with Crippen LogP contribution in [0.4, 0.5) is 4.39 Å². The Morgan fingerprint density at radius 2 is 2.00 bits per heavy atom. The van der Waals surface area contributed by atoms with Crippen molar-refractivity contribution < 1.29 is 23.8 Å². The largest absolute Gasteiger partial charge is 0.475 e. The zero-order valence-electron chi connectivity index (χ0n) is 10.9. The molecule has 0 spiro atoms. The number of para-hydroxylation sites is 1. The monoisotopic (exact) mass is 311 g/mol. The summed E-state index contributed by atoms with van der Waals surface area (Å²) < 4.78 is 23.5. The summed E-state index contributed by atoms with van der Waals surface area (Å²) in [7, 11) is 0. The van der Waals surface area contributed by atoms with E-state index in [1.54, 1.807) is 30.3 Å². The number of carboxylic acid groups (broad SMARTS) is 1. The fraction of sp³-hybridized carbons (Fsp3) is 0.143. The Kier molecular flexibility index (Phi) is 4.28. The lowest BCUT2D eigenvalue weighted by molar-refractivity contribution is -0.181. The molecule has 0 amide bonds. The molecular weight excluding hydrogens is 301 g/mol. The van der Waals surface area contributed by atoms with Gasteiger partial charge in [0, 0.05) is 6.92 Å². The molecule has 1 atom stereocenters. The maximum atomic E-state index is 12.9. The van der Waals surface area contributed by atoms with Gasteiger partial charge in [0.25, 0.3) is 0 Å². The zero-order valence-corrected chi connectivity index (χ0v) is 11.7. The minimum atomic E-state index is -2.06. The van der Waals surface area contributed by atoms with Gasteiger partial charge in [0.2, 0.25) is 5.88 Å². The number of pyridine rings is 1. The highest BCUT2D eigenvalue weighted by Crippen LogP contribution is 2.27. The molecule has 0 bridgehead atoms. The SMILES string of the molecule is CC(Oc1ccccc1)(Oc1ncc(F)cc1Cl)C(=O)O. The Balaban J connectivity index is 2.28. The molecule has 2 aromatic rings. The Morgan fingerprint density at radius 1 is 1.33 bits per heavy atom. The molecule has 0 fully saturated rings. The lowest BCUT2D eigenvalue weighted by atomic mass is 10.3. The molecule has 5 nitrogen and oxygen atoms in total. The van der Waals surface area contributed by atoms with Crippen molar-refractivity contribution >= 4 is 17.6 Å². The lowest BCUT2D eigenvalue weighted by Gasteiger charge is -2.26. The highest BCUT2D eigenvalue weighted by molar-refractivity contribution is 6.31. The summed E-state index contributed by atoms with van der Waals surface area (Å²) >= 11 is 5.77. The van der Waals surface area contributed by atoms with Crippen molar-refractivity contribution in [2.75, 3.05) is 0 Å². The van der Waals surface area contributed by atoms with E-state index in [0.717, 1.165) is 12.3 Å². The fourth-order valence-electron chi connectivity index (χ4n) is 1.48. The second-order valence-corrected chi connectivity index (χ2v) is 4.62. The van der Waals surface area contributed by atoms with Crippen LogP contribution in [0.2, 0.25) is 5.02 Å². The van der Waals surface area contributed by atoms with Crippen molar-refractivity contribution in [2.45, 2.75) is 12.7 Å². The third-order valence-corrected chi connectivity index (χ3v) is 2.78. The molecule has 1 unspecified atom stereocenters. The summed E-state index contributed by atoms with van der Waals surface area (Å²) in [5.41, 5.74) is 0. The zero-order chi connectivity index (χ0) is 15.5. The Hall–Kier alpha value is -2.34. The number of ether oxygens (including phenoxy) is 2. The van der Waals surface area contributed by atoms with Crippen LogP contribution in [0.25, 0.3) is 0 Å². The van der Waals surface area contributed by atoms with Crippen LogP contribution >= 0.6 is 11.6 Å². The van der Waals surface area contributed by atoms with E-state index in [0.29, 0.717) is 5.75 Å². The number of carboxylic acids is 1. The summed E-state index contributed by atoms with van der Waals surface area (Å²) in [6.07, 6.45) is 0.867. The van der Waals surface area contributed by atoms with Crippen LogP contribution in [0, 0.1) is 5.82 Å². The third kappa shape index (κ3) is 3.61. The number of carbonyl (C=O) groups is 1. The minimum absolute atomic E-state index is 0.154. The van der Waals surface area contributed by atoms with E-state index < -0.39 is 17.6 Å². The minimum Gasteiger partial charge on any atom is -0.475 e. The van der Waals surface area contributed by atoms with Gasteiger partial charge >= 0.3 is 11.8 Å².